The summed E-state index contributed by atoms with van der Waals surface area (Å²) in [6.07, 6.45) is 0.787. The molecular weight excluding hydrogens is 366 g/mol. The zero-order valence-corrected chi connectivity index (χ0v) is 16.8. The number of hydrogen-bond acceptors (Lipinski definition) is 5. The number of hydrogen-bond donors (Lipinski definition) is 1. The number of carbonyl (C=O) groups is 2. The number of esters is 1. The zero-order valence-electron chi connectivity index (χ0n) is 16.8. The number of rotatable bonds is 5. The molecule has 0 spiro atoms. The lowest BCUT2D eigenvalue weighted by molar-refractivity contribution is -0.145. The van der Waals surface area contributed by atoms with Crippen molar-refractivity contribution in [1.82, 2.24) is 10.2 Å². The van der Waals surface area contributed by atoms with Crippen molar-refractivity contribution in [2.24, 2.45) is 5.41 Å². The van der Waals surface area contributed by atoms with Gasteiger partial charge in [-0.05, 0) is 36.2 Å². The third kappa shape index (κ3) is 3.98. The minimum atomic E-state index is -0.329. The topological polar surface area (TPSA) is 61.9 Å². The molecule has 0 aliphatic carbocycles. The van der Waals surface area contributed by atoms with E-state index in [4.69, 9.17) is 4.74 Å². The van der Waals surface area contributed by atoms with Crippen LogP contribution < -0.4 is 10.2 Å². The first-order valence-electron chi connectivity index (χ1n) is 10.1. The van der Waals surface area contributed by atoms with Crippen LogP contribution in [0.1, 0.15) is 15.9 Å². The molecule has 2 heterocycles. The molecule has 2 aliphatic rings. The van der Waals surface area contributed by atoms with Gasteiger partial charge in [0.1, 0.15) is 0 Å². The predicted octanol–water partition coefficient (Wildman–Crippen LogP) is 1.95. The number of piperazine rings is 1. The lowest BCUT2D eigenvalue weighted by Gasteiger charge is -2.46. The fourth-order valence-corrected chi connectivity index (χ4v) is 4.19. The van der Waals surface area contributed by atoms with E-state index < -0.39 is 0 Å². The van der Waals surface area contributed by atoms with E-state index in [0.29, 0.717) is 18.7 Å². The van der Waals surface area contributed by atoms with Crippen molar-refractivity contribution < 1.29 is 14.3 Å². The van der Waals surface area contributed by atoms with Crippen LogP contribution in [0.25, 0.3) is 0 Å². The summed E-state index contributed by atoms with van der Waals surface area (Å²) in [5.41, 5.74) is 2.51. The maximum atomic E-state index is 13.3. The molecule has 1 amide bonds. The van der Waals surface area contributed by atoms with E-state index in [1.807, 2.05) is 35.2 Å². The molecule has 1 N–H and O–H groups in total. The number of amides is 1. The fourth-order valence-electron chi connectivity index (χ4n) is 4.19. The van der Waals surface area contributed by atoms with Gasteiger partial charge in [-0.2, -0.15) is 0 Å². The lowest BCUT2D eigenvalue weighted by Crippen LogP contribution is -2.65. The van der Waals surface area contributed by atoms with Crippen LogP contribution in [0.5, 0.6) is 0 Å². The minimum Gasteiger partial charge on any atom is -0.465 e. The Morgan fingerprint density at radius 1 is 0.966 bits per heavy atom. The molecule has 2 saturated heterocycles. The molecule has 0 unspecified atom stereocenters. The monoisotopic (exact) mass is 393 g/mol. The van der Waals surface area contributed by atoms with Crippen LogP contribution in [0.4, 0.5) is 5.69 Å². The average Bonchev–Trinajstić information content (AvgIpc) is 2.76. The van der Waals surface area contributed by atoms with Gasteiger partial charge in [0, 0.05) is 45.0 Å². The van der Waals surface area contributed by atoms with Crippen LogP contribution in [0.2, 0.25) is 0 Å². The molecule has 2 fully saturated rings. The van der Waals surface area contributed by atoms with Crippen molar-refractivity contribution in [3.8, 4) is 0 Å². The third-order valence-corrected chi connectivity index (χ3v) is 5.99. The molecule has 6 heteroatoms. The van der Waals surface area contributed by atoms with Gasteiger partial charge in [0.15, 0.2) is 0 Å². The Bertz CT molecular complexity index is 855. The van der Waals surface area contributed by atoms with Crippen molar-refractivity contribution in [3.63, 3.8) is 0 Å². The largest absolute Gasteiger partial charge is 0.465 e. The second kappa shape index (κ2) is 8.25. The maximum absolute atomic E-state index is 13.3. The van der Waals surface area contributed by atoms with Crippen molar-refractivity contribution in [1.29, 1.82) is 0 Å². The minimum absolute atomic E-state index is 0.265. The molecule has 0 atom stereocenters. The summed E-state index contributed by atoms with van der Waals surface area (Å²) in [4.78, 5) is 29.2. The first-order valence-corrected chi connectivity index (χ1v) is 10.1. The van der Waals surface area contributed by atoms with Crippen LogP contribution in [-0.4, -0.2) is 63.2 Å². The Hall–Kier alpha value is -2.86. The van der Waals surface area contributed by atoms with Crippen LogP contribution >= 0.6 is 0 Å². The lowest BCUT2D eigenvalue weighted by atomic mass is 9.75. The molecule has 29 heavy (non-hydrogen) atoms. The molecule has 0 bridgehead atoms. The van der Waals surface area contributed by atoms with Gasteiger partial charge in [0.2, 0.25) is 5.91 Å². The Morgan fingerprint density at radius 3 is 2.17 bits per heavy atom. The van der Waals surface area contributed by atoms with Gasteiger partial charge in [-0.15, -0.1) is 0 Å². The number of anilines is 1. The van der Waals surface area contributed by atoms with Gasteiger partial charge in [0.05, 0.1) is 18.1 Å². The van der Waals surface area contributed by atoms with Gasteiger partial charge in [-0.25, -0.2) is 4.79 Å². The SMILES string of the molecule is COC(=O)c1ccc(N2CCN(C(=O)C3(Cc4ccccc4)CNC3)CC2)cc1. The van der Waals surface area contributed by atoms with E-state index in [0.717, 1.165) is 38.3 Å². The molecule has 0 radical (unpaired) electrons. The van der Waals surface area contributed by atoms with Gasteiger partial charge >= 0.3 is 5.97 Å². The van der Waals surface area contributed by atoms with Gasteiger partial charge < -0.3 is 19.9 Å². The summed E-state index contributed by atoms with van der Waals surface area (Å²) in [5.74, 6) is -0.0643. The van der Waals surface area contributed by atoms with E-state index in [2.05, 4.69) is 22.3 Å². The number of nitrogens with one attached hydrogen (secondary N) is 1. The summed E-state index contributed by atoms with van der Waals surface area (Å²) < 4.78 is 4.75. The number of ether oxygens (including phenoxy) is 1. The highest BCUT2D eigenvalue weighted by Gasteiger charge is 2.46. The quantitative estimate of drug-likeness (QED) is 0.787. The molecule has 2 aromatic rings. The molecule has 2 aliphatic heterocycles. The Morgan fingerprint density at radius 2 is 1.62 bits per heavy atom. The summed E-state index contributed by atoms with van der Waals surface area (Å²) in [5, 5.41) is 3.30. The molecular formula is C23H27N3O3. The summed E-state index contributed by atoms with van der Waals surface area (Å²) >= 11 is 0. The normalized spacial score (nSPS) is 18.1. The second-order valence-electron chi connectivity index (χ2n) is 7.86. The Balaban J connectivity index is 1.37. The Labute approximate surface area is 171 Å². The van der Waals surface area contributed by atoms with Crippen molar-refractivity contribution in [2.45, 2.75) is 6.42 Å². The summed E-state index contributed by atoms with van der Waals surface area (Å²) in [7, 11) is 1.38. The molecule has 6 nitrogen and oxygen atoms in total. The van der Waals surface area contributed by atoms with Crippen molar-refractivity contribution in [2.75, 3.05) is 51.3 Å². The Kier molecular flexibility index (Phi) is 5.53. The van der Waals surface area contributed by atoms with E-state index in [9.17, 15) is 9.59 Å². The van der Waals surface area contributed by atoms with Gasteiger partial charge in [-0.3, -0.25) is 4.79 Å². The molecule has 152 valence electrons. The molecule has 0 saturated carbocycles. The van der Waals surface area contributed by atoms with E-state index in [1.165, 1.54) is 12.7 Å². The highest BCUT2D eigenvalue weighted by Crippen LogP contribution is 2.31. The summed E-state index contributed by atoms with van der Waals surface area (Å²) in [6, 6.07) is 17.7. The van der Waals surface area contributed by atoms with E-state index in [-0.39, 0.29) is 17.3 Å². The third-order valence-electron chi connectivity index (χ3n) is 5.99. The number of methoxy groups -OCH3 is 1. The first kappa shape index (κ1) is 19.5. The van der Waals surface area contributed by atoms with Crippen LogP contribution in [-0.2, 0) is 16.0 Å². The average molecular weight is 393 g/mol. The molecule has 2 aromatic carbocycles. The van der Waals surface area contributed by atoms with Gasteiger partial charge in [-0.1, -0.05) is 30.3 Å². The van der Waals surface area contributed by atoms with E-state index >= 15 is 0 Å². The molecule has 4 rings (SSSR count). The number of nitrogens with zero attached hydrogens (tertiary/aromatic N) is 2. The smallest absolute Gasteiger partial charge is 0.337 e. The van der Waals surface area contributed by atoms with E-state index in [1.54, 1.807) is 12.1 Å². The number of benzene rings is 2. The predicted molar refractivity (Wildman–Crippen MR) is 112 cm³/mol. The number of carbonyl (C=O) groups excluding carboxylic acids is 2. The van der Waals surface area contributed by atoms with Crippen molar-refractivity contribution >= 4 is 17.6 Å². The zero-order chi connectivity index (χ0) is 20.3. The second-order valence-corrected chi connectivity index (χ2v) is 7.86. The molecule has 0 aromatic heterocycles. The van der Waals surface area contributed by atoms with Crippen LogP contribution in [0.3, 0.4) is 0 Å². The fraction of sp³-hybridized carbons (Fsp3) is 0.391. The van der Waals surface area contributed by atoms with Gasteiger partial charge in [0.25, 0.3) is 0 Å². The maximum Gasteiger partial charge on any atom is 0.337 e. The first-order chi connectivity index (χ1) is 14.1. The van der Waals surface area contributed by atoms with Crippen molar-refractivity contribution in [3.05, 3.63) is 65.7 Å². The van der Waals surface area contributed by atoms with Crippen LogP contribution in [0, 0.1) is 5.41 Å². The van der Waals surface area contributed by atoms with Crippen LogP contribution in [0.15, 0.2) is 54.6 Å². The standard InChI is InChI=1S/C23H27N3O3/c1-29-21(27)19-7-9-20(10-8-19)25-11-13-26(14-12-25)22(28)23(16-24-17-23)15-18-5-3-2-4-6-18/h2-10,24H,11-17H2,1H3. The summed E-state index contributed by atoms with van der Waals surface area (Å²) in [6.45, 7) is 4.50. The highest BCUT2D eigenvalue weighted by atomic mass is 16.5. The highest BCUT2D eigenvalue weighted by molar-refractivity contribution is 5.89.